The fourth-order valence-corrected chi connectivity index (χ4v) is 1.17. The van der Waals surface area contributed by atoms with Crippen LogP contribution in [0.5, 0.6) is 5.75 Å². The van der Waals surface area contributed by atoms with E-state index in [4.69, 9.17) is 9.84 Å². The minimum Gasteiger partial charge on any atom is -0.490 e. The van der Waals surface area contributed by atoms with Gasteiger partial charge in [-0.05, 0) is 19.1 Å². The Balaban J connectivity index is 2.61. The molecule has 1 aromatic carbocycles. The van der Waals surface area contributed by atoms with Gasteiger partial charge in [0.05, 0.1) is 11.3 Å². The highest BCUT2D eigenvalue weighted by atomic mass is 16.6. The zero-order valence-electron chi connectivity index (χ0n) is 8.62. The Labute approximate surface area is 91.6 Å². The van der Waals surface area contributed by atoms with Gasteiger partial charge in [-0.2, -0.15) is 0 Å². The minimum absolute atomic E-state index is 0.0294. The van der Waals surface area contributed by atoms with Crippen molar-refractivity contribution in [3.8, 4) is 5.75 Å². The lowest BCUT2D eigenvalue weighted by molar-refractivity contribution is -0.384. The van der Waals surface area contributed by atoms with E-state index in [-0.39, 0.29) is 12.1 Å². The molecule has 6 heteroatoms. The van der Waals surface area contributed by atoms with Gasteiger partial charge in [0.15, 0.2) is 0 Å². The lowest BCUT2D eigenvalue weighted by atomic mass is 10.2. The number of carboxylic acid groups (broad SMARTS) is 1. The Hall–Kier alpha value is -2.11. The number of nitro groups is 1. The average molecular weight is 225 g/mol. The summed E-state index contributed by atoms with van der Waals surface area (Å²) in [6, 6.07) is 5.50. The first-order valence-corrected chi connectivity index (χ1v) is 4.62. The lowest BCUT2D eigenvalue weighted by Crippen LogP contribution is -2.16. The number of non-ortho nitro benzene ring substituents is 1. The van der Waals surface area contributed by atoms with Crippen LogP contribution in [0.3, 0.4) is 0 Å². The van der Waals surface area contributed by atoms with Crippen LogP contribution in [0.2, 0.25) is 0 Å². The van der Waals surface area contributed by atoms with Crippen LogP contribution >= 0.6 is 0 Å². The van der Waals surface area contributed by atoms with E-state index in [2.05, 4.69) is 0 Å². The Bertz CT molecular complexity index is 387. The van der Waals surface area contributed by atoms with E-state index >= 15 is 0 Å². The average Bonchev–Trinajstić information content (AvgIpc) is 2.16. The first kappa shape index (κ1) is 12.0. The van der Waals surface area contributed by atoms with Crippen LogP contribution in [0.15, 0.2) is 24.3 Å². The van der Waals surface area contributed by atoms with E-state index in [1.165, 1.54) is 24.3 Å². The van der Waals surface area contributed by atoms with Gasteiger partial charge in [0, 0.05) is 12.1 Å². The first-order valence-electron chi connectivity index (χ1n) is 4.62. The van der Waals surface area contributed by atoms with Crippen LogP contribution < -0.4 is 4.74 Å². The molecule has 6 nitrogen and oxygen atoms in total. The van der Waals surface area contributed by atoms with Crippen LogP contribution in [-0.4, -0.2) is 22.1 Å². The van der Waals surface area contributed by atoms with Crippen molar-refractivity contribution in [1.29, 1.82) is 0 Å². The van der Waals surface area contributed by atoms with E-state index in [1.54, 1.807) is 6.92 Å². The summed E-state index contributed by atoms with van der Waals surface area (Å²) in [6.45, 7) is 1.62. The van der Waals surface area contributed by atoms with Gasteiger partial charge < -0.3 is 9.84 Å². The van der Waals surface area contributed by atoms with E-state index in [1.807, 2.05) is 0 Å². The van der Waals surface area contributed by atoms with Crippen molar-refractivity contribution < 1.29 is 19.6 Å². The van der Waals surface area contributed by atoms with E-state index in [0.29, 0.717) is 5.75 Å². The molecule has 86 valence electrons. The lowest BCUT2D eigenvalue weighted by Gasteiger charge is -2.11. The van der Waals surface area contributed by atoms with Crippen LogP contribution in [0.4, 0.5) is 5.69 Å². The molecule has 16 heavy (non-hydrogen) atoms. The number of carboxylic acids is 1. The second kappa shape index (κ2) is 5.11. The quantitative estimate of drug-likeness (QED) is 0.609. The Kier molecular flexibility index (Phi) is 3.82. The smallest absolute Gasteiger partial charge is 0.307 e. The van der Waals surface area contributed by atoms with Crippen LogP contribution in [0.25, 0.3) is 0 Å². The SMILES string of the molecule is C[C@@H](CC(=O)O)Oc1ccc([N+](=O)[O-])cc1. The van der Waals surface area contributed by atoms with Crippen molar-refractivity contribution in [2.24, 2.45) is 0 Å². The highest BCUT2D eigenvalue weighted by Crippen LogP contribution is 2.18. The van der Waals surface area contributed by atoms with Crippen molar-refractivity contribution in [1.82, 2.24) is 0 Å². The number of hydrogen-bond acceptors (Lipinski definition) is 4. The maximum Gasteiger partial charge on any atom is 0.307 e. The molecule has 0 spiro atoms. The molecule has 0 bridgehead atoms. The van der Waals surface area contributed by atoms with Crippen LogP contribution in [0.1, 0.15) is 13.3 Å². The molecule has 0 aromatic heterocycles. The molecule has 0 saturated heterocycles. The molecule has 1 N–H and O–H groups in total. The number of aliphatic carboxylic acids is 1. The number of rotatable bonds is 5. The van der Waals surface area contributed by atoms with Crippen molar-refractivity contribution in [2.75, 3.05) is 0 Å². The number of ether oxygens (including phenoxy) is 1. The highest BCUT2D eigenvalue weighted by molar-refractivity contribution is 5.67. The fraction of sp³-hybridized carbons (Fsp3) is 0.300. The summed E-state index contributed by atoms with van der Waals surface area (Å²) in [7, 11) is 0. The predicted octanol–water partition coefficient (Wildman–Crippen LogP) is 1.84. The molecule has 0 amide bonds. The van der Waals surface area contributed by atoms with Gasteiger partial charge in [0.1, 0.15) is 11.9 Å². The van der Waals surface area contributed by atoms with Gasteiger partial charge in [-0.25, -0.2) is 0 Å². The predicted molar refractivity (Wildman–Crippen MR) is 55.4 cm³/mol. The molecular formula is C10H11NO5. The summed E-state index contributed by atoms with van der Waals surface area (Å²) in [4.78, 5) is 20.2. The maximum absolute atomic E-state index is 10.4. The molecule has 1 atom stereocenters. The van der Waals surface area contributed by atoms with Crippen molar-refractivity contribution in [2.45, 2.75) is 19.4 Å². The molecule has 0 aliphatic heterocycles. The summed E-state index contributed by atoms with van der Waals surface area (Å²) in [5.74, 6) is -0.534. The molecular weight excluding hydrogens is 214 g/mol. The second-order valence-corrected chi connectivity index (χ2v) is 3.28. The van der Waals surface area contributed by atoms with Crippen molar-refractivity contribution in [3.05, 3.63) is 34.4 Å². The number of carbonyl (C=O) groups is 1. The summed E-state index contributed by atoms with van der Waals surface area (Å²) >= 11 is 0. The fourth-order valence-electron chi connectivity index (χ4n) is 1.17. The largest absolute Gasteiger partial charge is 0.490 e. The monoisotopic (exact) mass is 225 g/mol. The molecule has 0 saturated carbocycles. The first-order chi connectivity index (χ1) is 7.49. The van der Waals surface area contributed by atoms with Crippen molar-refractivity contribution >= 4 is 11.7 Å². The van der Waals surface area contributed by atoms with Gasteiger partial charge in [0.2, 0.25) is 0 Å². The third kappa shape index (κ3) is 3.56. The molecule has 0 fully saturated rings. The summed E-state index contributed by atoms with van der Waals surface area (Å²) in [5.41, 5.74) is -0.0294. The molecule has 0 radical (unpaired) electrons. The number of benzene rings is 1. The zero-order chi connectivity index (χ0) is 12.1. The molecule has 1 rings (SSSR count). The maximum atomic E-state index is 10.4. The third-order valence-corrected chi connectivity index (χ3v) is 1.85. The molecule has 0 unspecified atom stereocenters. The van der Waals surface area contributed by atoms with Gasteiger partial charge in [-0.3, -0.25) is 14.9 Å². The summed E-state index contributed by atoms with van der Waals surface area (Å²) in [5, 5.41) is 18.9. The van der Waals surface area contributed by atoms with Gasteiger partial charge >= 0.3 is 5.97 Å². The molecule has 1 aromatic rings. The van der Waals surface area contributed by atoms with Crippen LogP contribution in [-0.2, 0) is 4.79 Å². The Morgan fingerprint density at radius 1 is 1.50 bits per heavy atom. The summed E-state index contributed by atoms with van der Waals surface area (Å²) < 4.78 is 5.26. The minimum atomic E-state index is -0.950. The van der Waals surface area contributed by atoms with Gasteiger partial charge in [-0.15, -0.1) is 0 Å². The van der Waals surface area contributed by atoms with Crippen LogP contribution in [0, 0.1) is 10.1 Å². The van der Waals surface area contributed by atoms with E-state index in [9.17, 15) is 14.9 Å². The van der Waals surface area contributed by atoms with E-state index < -0.39 is 17.0 Å². The second-order valence-electron chi connectivity index (χ2n) is 3.28. The third-order valence-electron chi connectivity index (χ3n) is 1.85. The standard InChI is InChI=1S/C10H11NO5/c1-7(6-10(12)13)16-9-4-2-8(3-5-9)11(14)15/h2-5,7H,6H2,1H3,(H,12,13)/t7-/m0/s1. The zero-order valence-corrected chi connectivity index (χ0v) is 8.62. The Morgan fingerprint density at radius 2 is 2.06 bits per heavy atom. The van der Waals surface area contributed by atoms with Crippen molar-refractivity contribution in [3.63, 3.8) is 0 Å². The summed E-state index contributed by atoms with van der Waals surface area (Å²) in [6.07, 6.45) is -0.587. The molecule has 0 aliphatic carbocycles. The number of hydrogen-bond donors (Lipinski definition) is 1. The highest BCUT2D eigenvalue weighted by Gasteiger charge is 2.10. The van der Waals surface area contributed by atoms with E-state index in [0.717, 1.165) is 0 Å². The number of nitrogens with zero attached hydrogens (tertiary/aromatic N) is 1. The Morgan fingerprint density at radius 3 is 2.50 bits per heavy atom. The molecule has 0 aliphatic rings. The van der Waals surface area contributed by atoms with Gasteiger partial charge in [0.25, 0.3) is 5.69 Å². The topological polar surface area (TPSA) is 89.7 Å². The van der Waals surface area contributed by atoms with Gasteiger partial charge in [-0.1, -0.05) is 0 Å². The normalized spacial score (nSPS) is 11.8. The number of nitro benzene ring substituents is 1. The molecule has 0 heterocycles.